The van der Waals surface area contributed by atoms with Crippen molar-refractivity contribution >= 4 is 0 Å². The minimum Gasteiger partial charge on any atom is -0.314 e. The first-order chi connectivity index (χ1) is 9.28. The van der Waals surface area contributed by atoms with Crippen molar-refractivity contribution in [2.75, 3.05) is 6.54 Å². The first-order valence-electron chi connectivity index (χ1n) is 8.05. The van der Waals surface area contributed by atoms with Crippen LogP contribution in [0.5, 0.6) is 0 Å². The third kappa shape index (κ3) is 4.07. The number of aromatic nitrogens is 2. The summed E-state index contributed by atoms with van der Waals surface area (Å²) in [7, 11) is 0. The van der Waals surface area contributed by atoms with E-state index < -0.39 is 0 Å². The van der Waals surface area contributed by atoms with Crippen LogP contribution >= 0.6 is 0 Å². The monoisotopic (exact) mass is 263 g/mol. The summed E-state index contributed by atoms with van der Waals surface area (Å²) < 4.78 is 2.16. The molecule has 3 heteroatoms. The lowest BCUT2D eigenvalue weighted by molar-refractivity contribution is 0.418. The fourth-order valence-electron chi connectivity index (χ4n) is 2.95. The van der Waals surface area contributed by atoms with Crippen LogP contribution in [0.1, 0.15) is 64.6 Å². The molecule has 1 fully saturated rings. The maximum atomic E-state index is 4.75. The number of aryl methyl sites for hydroxylation is 1. The third-order valence-corrected chi connectivity index (χ3v) is 4.35. The molecule has 1 N–H and O–H groups in total. The molecule has 0 aliphatic heterocycles. The Morgan fingerprint density at radius 1 is 1.32 bits per heavy atom. The zero-order chi connectivity index (χ0) is 13.7. The number of hydrogen-bond donors (Lipinski definition) is 1. The molecule has 19 heavy (non-hydrogen) atoms. The van der Waals surface area contributed by atoms with Gasteiger partial charge in [-0.25, -0.2) is 0 Å². The highest BCUT2D eigenvalue weighted by molar-refractivity contribution is 5.01. The smallest absolute Gasteiger partial charge is 0.0625 e. The van der Waals surface area contributed by atoms with Crippen molar-refractivity contribution in [3.63, 3.8) is 0 Å². The van der Waals surface area contributed by atoms with Crippen molar-refractivity contribution in [3.8, 4) is 0 Å². The molecule has 1 heterocycles. The van der Waals surface area contributed by atoms with Gasteiger partial charge in [-0.1, -0.05) is 20.8 Å². The SMILES string of the molecule is CCNC(CCc1ccn(C(CC)CC)n1)C1CC1. The van der Waals surface area contributed by atoms with E-state index in [1.54, 1.807) is 0 Å². The van der Waals surface area contributed by atoms with Crippen LogP contribution in [0.4, 0.5) is 0 Å². The zero-order valence-corrected chi connectivity index (χ0v) is 12.7. The molecule has 1 unspecified atom stereocenters. The molecule has 0 amide bonds. The Morgan fingerprint density at radius 2 is 2.05 bits per heavy atom. The highest BCUT2D eigenvalue weighted by Gasteiger charge is 2.30. The predicted octanol–water partition coefficient (Wildman–Crippen LogP) is 3.56. The van der Waals surface area contributed by atoms with Crippen molar-refractivity contribution in [3.05, 3.63) is 18.0 Å². The van der Waals surface area contributed by atoms with Gasteiger partial charge in [0.2, 0.25) is 0 Å². The maximum Gasteiger partial charge on any atom is 0.0625 e. The molecule has 1 aromatic heterocycles. The Kier molecular flexibility index (Phi) is 5.44. The second kappa shape index (κ2) is 7.09. The molecule has 3 nitrogen and oxygen atoms in total. The van der Waals surface area contributed by atoms with E-state index in [-0.39, 0.29) is 0 Å². The first kappa shape index (κ1) is 14.6. The van der Waals surface area contributed by atoms with Gasteiger partial charge >= 0.3 is 0 Å². The third-order valence-electron chi connectivity index (χ3n) is 4.35. The lowest BCUT2D eigenvalue weighted by Crippen LogP contribution is -2.31. The standard InChI is InChI=1S/C16H29N3/c1-4-15(5-2)19-12-11-14(18-19)9-10-16(17-6-3)13-7-8-13/h11-13,15-17H,4-10H2,1-3H3. The topological polar surface area (TPSA) is 29.9 Å². The lowest BCUT2D eigenvalue weighted by Gasteiger charge is -2.16. The van der Waals surface area contributed by atoms with Crippen LogP contribution in [0, 0.1) is 5.92 Å². The molecular formula is C16H29N3. The summed E-state index contributed by atoms with van der Waals surface area (Å²) in [6.07, 6.45) is 9.67. The molecule has 0 radical (unpaired) electrons. The van der Waals surface area contributed by atoms with Crippen LogP contribution < -0.4 is 5.32 Å². The summed E-state index contributed by atoms with van der Waals surface area (Å²) in [5, 5.41) is 8.39. The molecule has 1 aliphatic rings. The minimum absolute atomic E-state index is 0.571. The summed E-state index contributed by atoms with van der Waals surface area (Å²) >= 11 is 0. The van der Waals surface area contributed by atoms with Gasteiger partial charge in [0.15, 0.2) is 0 Å². The molecule has 1 aliphatic carbocycles. The number of nitrogens with zero attached hydrogens (tertiary/aromatic N) is 2. The van der Waals surface area contributed by atoms with Crippen LogP contribution in [-0.2, 0) is 6.42 Å². The van der Waals surface area contributed by atoms with Crippen LogP contribution in [0.2, 0.25) is 0 Å². The Labute approximate surface area is 117 Å². The first-order valence-corrected chi connectivity index (χ1v) is 8.05. The predicted molar refractivity (Wildman–Crippen MR) is 80.4 cm³/mol. The average Bonchev–Trinajstić information content (AvgIpc) is 3.16. The average molecular weight is 263 g/mol. The molecule has 1 aromatic rings. The van der Waals surface area contributed by atoms with E-state index in [1.807, 2.05) is 0 Å². The minimum atomic E-state index is 0.571. The summed E-state index contributed by atoms with van der Waals surface area (Å²) in [6.45, 7) is 7.77. The fourth-order valence-corrected chi connectivity index (χ4v) is 2.95. The highest BCUT2D eigenvalue weighted by atomic mass is 15.3. The van der Waals surface area contributed by atoms with Gasteiger partial charge in [-0.05, 0) is 57.1 Å². The quantitative estimate of drug-likeness (QED) is 0.738. The van der Waals surface area contributed by atoms with Crippen molar-refractivity contribution in [1.82, 2.24) is 15.1 Å². The van der Waals surface area contributed by atoms with Crippen molar-refractivity contribution in [2.45, 2.75) is 71.4 Å². The van der Waals surface area contributed by atoms with E-state index in [9.17, 15) is 0 Å². The molecule has 2 rings (SSSR count). The normalized spacial score (nSPS) is 17.1. The van der Waals surface area contributed by atoms with Gasteiger partial charge in [-0.2, -0.15) is 5.10 Å². The van der Waals surface area contributed by atoms with Gasteiger partial charge in [0, 0.05) is 12.2 Å². The molecule has 0 aromatic carbocycles. The summed E-state index contributed by atoms with van der Waals surface area (Å²) in [4.78, 5) is 0. The largest absolute Gasteiger partial charge is 0.314 e. The van der Waals surface area contributed by atoms with E-state index in [4.69, 9.17) is 5.10 Å². The van der Waals surface area contributed by atoms with Crippen molar-refractivity contribution < 1.29 is 0 Å². The number of rotatable bonds is 9. The zero-order valence-electron chi connectivity index (χ0n) is 12.7. The highest BCUT2D eigenvalue weighted by Crippen LogP contribution is 2.34. The van der Waals surface area contributed by atoms with Gasteiger partial charge < -0.3 is 5.32 Å². The number of nitrogens with one attached hydrogen (secondary N) is 1. The molecular weight excluding hydrogens is 234 g/mol. The Morgan fingerprint density at radius 3 is 2.63 bits per heavy atom. The van der Waals surface area contributed by atoms with E-state index in [2.05, 4.69) is 43.0 Å². The maximum absolute atomic E-state index is 4.75. The van der Waals surface area contributed by atoms with E-state index >= 15 is 0 Å². The summed E-state index contributed by atoms with van der Waals surface area (Å²) in [6, 6.07) is 3.49. The van der Waals surface area contributed by atoms with Crippen LogP contribution in [0.15, 0.2) is 12.3 Å². The molecule has 108 valence electrons. The second-order valence-electron chi connectivity index (χ2n) is 5.80. The molecule has 1 saturated carbocycles. The van der Waals surface area contributed by atoms with Crippen LogP contribution in [0.25, 0.3) is 0 Å². The van der Waals surface area contributed by atoms with Crippen LogP contribution in [0.3, 0.4) is 0 Å². The van der Waals surface area contributed by atoms with Crippen LogP contribution in [-0.4, -0.2) is 22.4 Å². The van der Waals surface area contributed by atoms with Crippen molar-refractivity contribution in [2.24, 2.45) is 5.92 Å². The van der Waals surface area contributed by atoms with Gasteiger partial charge in [0.1, 0.15) is 0 Å². The Balaban J connectivity index is 1.85. The van der Waals surface area contributed by atoms with Crippen molar-refractivity contribution in [1.29, 1.82) is 0 Å². The van der Waals surface area contributed by atoms with Gasteiger partial charge in [-0.15, -0.1) is 0 Å². The Bertz CT molecular complexity index is 364. The molecule has 0 bridgehead atoms. The number of hydrogen-bond acceptors (Lipinski definition) is 2. The van der Waals surface area contributed by atoms with Gasteiger partial charge in [0.05, 0.1) is 11.7 Å². The van der Waals surface area contributed by atoms with Gasteiger partial charge in [-0.3, -0.25) is 4.68 Å². The summed E-state index contributed by atoms with van der Waals surface area (Å²) in [5.74, 6) is 0.932. The molecule has 0 spiro atoms. The second-order valence-corrected chi connectivity index (χ2v) is 5.80. The van der Waals surface area contributed by atoms with E-state index in [0.717, 1.165) is 18.9 Å². The Hall–Kier alpha value is -0.830. The van der Waals surface area contributed by atoms with Gasteiger partial charge in [0.25, 0.3) is 0 Å². The molecule has 1 atom stereocenters. The molecule has 0 saturated heterocycles. The lowest BCUT2D eigenvalue weighted by atomic mass is 10.1. The fraction of sp³-hybridized carbons (Fsp3) is 0.812. The summed E-state index contributed by atoms with van der Waals surface area (Å²) in [5.41, 5.74) is 1.26. The van der Waals surface area contributed by atoms with E-state index in [0.29, 0.717) is 12.1 Å². The van der Waals surface area contributed by atoms with E-state index in [1.165, 1.54) is 37.8 Å².